The molecule has 3 atom stereocenters. The lowest BCUT2D eigenvalue weighted by Crippen LogP contribution is -2.61. The third-order valence-corrected chi connectivity index (χ3v) is 6.53. The van der Waals surface area contributed by atoms with Gasteiger partial charge in [0.1, 0.15) is 27.6 Å². The summed E-state index contributed by atoms with van der Waals surface area (Å²) < 4.78 is 18.5. The molecule has 2 aromatic carbocycles. The standard InChI is InChI=1S/C24H33B3Cl2FN3O5/c25-23(26,36)24(27,37)38-22(35)20(14-16-1-5-17(30)6-2-16)32-21(34)19(31)13-15-3-7-18(8-4-15)33(11-9-28)12-10-29/h1-8,19-20,36-37H,9-14,25-27,31H2,(H,32,34). The van der Waals surface area contributed by atoms with Gasteiger partial charge in [0.2, 0.25) is 5.91 Å². The molecule has 0 saturated carbocycles. The summed E-state index contributed by atoms with van der Waals surface area (Å²) in [6.07, 6.45) is 0.141. The maximum Gasteiger partial charge on any atom is 0.330 e. The molecule has 0 aliphatic carbocycles. The van der Waals surface area contributed by atoms with Crippen LogP contribution in [0.25, 0.3) is 0 Å². The van der Waals surface area contributed by atoms with E-state index in [1.807, 2.05) is 29.2 Å². The number of anilines is 1. The van der Waals surface area contributed by atoms with Crippen molar-refractivity contribution >= 4 is 64.3 Å². The van der Waals surface area contributed by atoms with Gasteiger partial charge in [-0.25, -0.2) is 9.18 Å². The zero-order valence-corrected chi connectivity index (χ0v) is 23.3. The number of carbonyl (C=O) groups is 2. The van der Waals surface area contributed by atoms with Gasteiger partial charge >= 0.3 is 5.97 Å². The van der Waals surface area contributed by atoms with Crippen LogP contribution in [0.4, 0.5) is 10.1 Å². The number of rotatable bonds is 14. The first kappa shape index (κ1) is 32.0. The third-order valence-electron chi connectivity index (χ3n) is 6.19. The van der Waals surface area contributed by atoms with Crippen LogP contribution in [0, 0.1) is 5.82 Å². The van der Waals surface area contributed by atoms with Crippen molar-refractivity contribution in [1.82, 2.24) is 5.32 Å². The molecule has 2 aromatic rings. The molecule has 0 aromatic heterocycles. The predicted molar refractivity (Wildman–Crippen MR) is 155 cm³/mol. The van der Waals surface area contributed by atoms with E-state index in [1.54, 1.807) is 0 Å². The van der Waals surface area contributed by atoms with E-state index in [4.69, 9.17) is 33.7 Å². The number of halogens is 3. The number of ether oxygens (including phenoxy) is 1. The number of hydrogen-bond donors (Lipinski definition) is 4. The summed E-state index contributed by atoms with van der Waals surface area (Å²) in [5.74, 6) is -1.15. The van der Waals surface area contributed by atoms with Gasteiger partial charge in [0, 0.05) is 37.0 Å². The number of esters is 1. The fourth-order valence-electron chi connectivity index (χ4n) is 3.48. The number of hydrogen-bond acceptors (Lipinski definition) is 7. The number of nitrogens with zero attached hydrogens (tertiary/aromatic N) is 1. The Kier molecular flexibility index (Phi) is 12.0. The summed E-state index contributed by atoms with van der Waals surface area (Å²) in [5, 5.41) is 21.4. The molecule has 0 aliphatic heterocycles. The monoisotopic (exact) mass is 565 g/mol. The highest BCUT2D eigenvalue weighted by atomic mass is 35.5. The molecule has 0 fully saturated rings. The molecular formula is C24H33B3Cl2FN3O5. The fraction of sp³-hybridized carbons (Fsp3) is 0.417. The van der Waals surface area contributed by atoms with Crippen LogP contribution in [-0.4, -0.2) is 93.6 Å². The van der Waals surface area contributed by atoms with Gasteiger partial charge in [0.15, 0.2) is 13.5 Å². The molecule has 204 valence electrons. The quantitative estimate of drug-likeness (QED) is 0.0945. The molecule has 38 heavy (non-hydrogen) atoms. The van der Waals surface area contributed by atoms with E-state index in [9.17, 15) is 24.2 Å². The van der Waals surface area contributed by atoms with Crippen LogP contribution >= 0.6 is 23.2 Å². The van der Waals surface area contributed by atoms with Gasteiger partial charge in [-0.05, 0) is 41.8 Å². The van der Waals surface area contributed by atoms with Crippen molar-refractivity contribution in [3.05, 3.63) is 65.5 Å². The number of carbonyl (C=O) groups excluding carboxylic acids is 2. The fourth-order valence-corrected chi connectivity index (χ4v) is 3.89. The molecule has 8 nitrogen and oxygen atoms in total. The van der Waals surface area contributed by atoms with Gasteiger partial charge in [-0.2, -0.15) is 0 Å². The summed E-state index contributed by atoms with van der Waals surface area (Å²) in [4.78, 5) is 28.0. The van der Waals surface area contributed by atoms with Crippen LogP contribution < -0.4 is 16.0 Å². The highest BCUT2D eigenvalue weighted by molar-refractivity contribution is 6.43. The van der Waals surface area contributed by atoms with E-state index in [-0.39, 0.29) is 12.8 Å². The number of nitrogens with one attached hydrogen (secondary N) is 1. The topological polar surface area (TPSA) is 125 Å². The molecule has 5 N–H and O–H groups in total. The van der Waals surface area contributed by atoms with E-state index >= 15 is 0 Å². The lowest BCUT2D eigenvalue weighted by Gasteiger charge is -2.37. The Bertz CT molecular complexity index is 1050. The highest BCUT2D eigenvalue weighted by Gasteiger charge is 2.42. The molecule has 0 bridgehead atoms. The Morgan fingerprint density at radius 3 is 1.97 bits per heavy atom. The SMILES string of the molecule is BC(B)(O)C(B)(O)OC(=O)C(Cc1ccc(F)cc1)NC(=O)C(N)Cc1ccc(N(CCCl)CCCl)cc1. The van der Waals surface area contributed by atoms with E-state index in [2.05, 4.69) is 5.32 Å². The van der Waals surface area contributed by atoms with Crippen LogP contribution in [0.15, 0.2) is 48.5 Å². The largest absolute Gasteiger partial charge is 0.440 e. The van der Waals surface area contributed by atoms with Gasteiger partial charge < -0.3 is 30.9 Å². The van der Waals surface area contributed by atoms with E-state index in [0.29, 0.717) is 30.4 Å². The second-order valence-corrected chi connectivity index (χ2v) is 10.5. The van der Waals surface area contributed by atoms with Crippen molar-refractivity contribution in [2.45, 2.75) is 36.0 Å². The van der Waals surface area contributed by atoms with Crippen molar-refractivity contribution in [2.24, 2.45) is 5.73 Å². The Hall–Kier alpha value is -2.24. The number of aliphatic hydroxyl groups is 2. The van der Waals surface area contributed by atoms with Crippen molar-refractivity contribution in [2.75, 3.05) is 29.7 Å². The van der Waals surface area contributed by atoms with E-state index in [1.165, 1.54) is 40.0 Å². The third kappa shape index (κ3) is 9.50. The van der Waals surface area contributed by atoms with Crippen molar-refractivity contribution in [1.29, 1.82) is 0 Å². The minimum atomic E-state index is -2.24. The van der Waals surface area contributed by atoms with Crippen LogP contribution in [0.3, 0.4) is 0 Å². The summed E-state index contributed by atoms with van der Waals surface area (Å²) in [7, 11) is 3.69. The smallest absolute Gasteiger partial charge is 0.330 e. The van der Waals surface area contributed by atoms with Crippen LogP contribution in [-0.2, 0) is 27.2 Å². The Balaban J connectivity index is 2.14. The van der Waals surface area contributed by atoms with Crippen molar-refractivity contribution < 1.29 is 28.9 Å². The molecule has 0 spiro atoms. The Labute approximate surface area is 235 Å². The van der Waals surface area contributed by atoms with Crippen molar-refractivity contribution in [3.63, 3.8) is 0 Å². The summed E-state index contributed by atoms with van der Waals surface area (Å²) in [5.41, 5.74) is 6.20. The minimum Gasteiger partial charge on any atom is -0.440 e. The first-order valence-corrected chi connectivity index (χ1v) is 13.3. The zero-order chi connectivity index (χ0) is 28.5. The Morgan fingerprint density at radius 1 is 0.974 bits per heavy atom. The average molecular weight is 566 g/mol. The first-order chi connectivity index (χ1) is 17.8. The van der Waals surface area contributed by atoms with Crippen molar-refractivity contribution in [3.8, 4) is 0 Å². The molecule has 1 amide bonds. The summed E-state index contributed by atoms with van der Waals surface area (Å²) in [6.45, 7) is 1.28. The molecule has 3 unspecified atom stereocenters. The summed E-state index contributed by atoms with van der Waals surface area (Å²) in [6, 6.07) is 10.6. The molecule has 0 radical (unpaired) electrons. The molecular weight excluding hydrogens is 533 g/mol. The molecule has 0 heterocycles. The Morgan fingerprint density at radius 2 is 1.47 bits per heavy atom. The molecule has 14 heteroatoms. The van der Waals surface area contributed by atoms with Gasteiger partial charge in [-0.15, -0.1) is 23.2 Å². The zero-order valence-electron chi connectivity index (χ0n) is 21.8. The molecule has 0 aliphatic rings. The first-order valence-electron chi connectivity index (χ1n) is 12.2. The normalized spacial score (nSPS) is 14.7. The van der Waals surface area contributed by atoms with E-state index < -0.39 is 40.9 Å². The summed E-state index contributed by atoms with van der Waals surface area (Å²) >= 11 is 11.7. The maximum atomic E-state index is 13.4. The second kappa shape index (κ2) is 14.2. The predicted octanol–water partition coefficient (Wildman–Crippen LogP) is -1.56. The number of amides is 1. The molecule has 2 rings (SSSR count). The minimum absolute atomic E-state index is 0.0504. The second-order valence-electron chi connectivity index (χ2n) is 9.70. The number of alkyl halides is 2. The van der Waals surface area contributed by atoms with Gasteiger partial charge in [0.05, 0.1) is 11.4 Å². The maximum absolute atomic E-state index is 13.4. The average Bonchev–Trinajstić information content (AvgIpc) is 2.84. The van der Waals surface area contributed by atoms with E-state index in [0.717, 1.165) is 19.1 Å². The lowest BCUT2D eigenvalue weighted by molar-refractivity contribution is -0.203. The van der Waals surface area contributed by atoms with Crippen LogP contribution in [0.2, 0.25) is 0 Å². The highest BCUT2D eigenvalue weighted by Crippen LogP contribution is 2.18. The lowest BCUT2D eigenvalue weighted by atomic mass is 9.54. The van der Waals surface area contributed by atoms with Gasteiger partial charge in [-0.3, -0.25) is 4.79 Å². The van der Waals surface area contributed by atoms with Gasteiger partial charge in [-0.1, -0.05) is 24.3 Å². The molecule has 0 saturated heterocycles. The van der Waals surface area contributed by atoms with Gasteiger partial charge in [0.25, 0.3) is 0 Å². The number of benzene rings is 2. The van der Waals surface area contributed by atoms with Crippen LogP contribution in [0.1, 0.15) is 11.1 Å². The van der Waals surface area contributed by atoms with Crippen LogP contribution in [0.5, 0.6) is 0 Å². The number of nitrogens with two attached hydrogens (primary N) is 1.